The van der Waals surface area contributed by atoms with E-state index in [4.69, 9.17) is 4.42 Å². The number of furan rings is 1. The molecule has 5 aromatic rings. The molecule has 0 saturated heterocycles. The fourth-order valence-electron chi connectivity index (χ4n) is 3.16. The van der Waals surface area contributed by atoms with Crippen molar-refractivity contribution in [2.75, 3.05) is 5.32 Å². The summed E-state index contributed by atoms with van der Waals surface area (Å²) < 4.78 is 7.62. The zero-order chi connectivity index (χ0) is 18.2. The van der Waals surface area contributed by atoms with Crippen LogP contribution >= 0.6 is 0 Å². The second-order valence-corrected chi connectivity index (χ2v) is 6.24. The van der Waals surface area contributed by atoms with Gasteiger partial charge in [0.25, 0.3) is 5.91 Å². The van der Waals surface area contributed by atoms with Crippen LogP contribution in [0.25, 0.3) is 27.9 Å². The molecule has 0 radical (unpaired) electrons. The zero-order valence-electron chi connectivity index (χ0n) is 14.3. The Morgan fingerprint density at radius 1 is 0.963 bits per heavy atom. The van der Waals surface area contributed by atoms with Crippen LogP contribution in [-0.4, -0.2) is 15.3 Å². The minimum absolute atomic E-state index is 0.279. The lowest BCUT2D eigenvalue weighted by atomic mass is 10.1. The van der Waals surface area contributed by atoms with Gasteiger partial charge >= 0.3 is 0 Å². The molecular formula is C22H15N3O2. The Labute approximate surface area is 154 Å². The lowest BCUT2D eigenvalue weighted by molar-refractivity contribution is 0.0999. The molecule has 0 fully saturated rings. The average molecular weight is 353 g/mol. The van der Waals surface area contributed by atoms with Crippen LogP contribution in [0.2, 0.25) is 0 Å². The van der Waals surface area contributed by atoms with E-state index in [1.54, 1.807) is 6.07 Å². The van der Waals surface area contributed by atoms with Gasteiger partial charge in [-0.05, 0) is 30.3 Å². The number of hydrogen-bond acceptors (Lipinski definition) is 3. The van der Waals surface area contributed by atoms with E-state index in [9.17, 15) is 4.79 Å². The summed E-state index contributed by atoms with van der Waals surface area (Å²) in [7, 11) is 0. The molecule has 0 aliphatic carbocycles. The predicted octanol–water partition coefficient (Wildman–Crippen LogP) is 5.00. The molecule has 0 bridgehead atoms. The smallest absolute Gasteiger partial charge is 0.291 e. The van der Waals surface area contributed by atoms with Crippen molar-refractivity contribution in [3.05, 3.63) is 91.0 Å². The number of fused-ring (bicyclic) bond motifs is 2. The first-order valence-electron chi connectivity index (χ1n) is 8.61. The highest BCUT2D eigenvalue weighted by Gasteiger charge is 2.15. The van der Waals surface area contributed by atoms with E-state index in [0.717, 1.165) is 22.3 Å². The molecular weight excluding hydrogens is 338 g/mol. The number of hydrogen-bond donors (Lipinski definition) is 1. The van der Waals surface area contributed by atoms with Crippen LogP contribution in [0, 0.1) is 0 Å². The first kappa shape index (κ1) is 15.4. The Morgan fingerprint density at radius 3 is 2.67 bits per heavy atom. The van der Waals surface area contributed by atoms with Gasteiger partial charge in [0.2, 0.25) is 0 Å². The molecule has 0 unspecified atom stereocenters. The highest BCUT2D eigenvalue weighted by molar-refractivity contribution is 6.06. The monoisotopic (exact) mass is 353 g/mol. The van der Waals surface area contributed by atoms with Crippen molar-refractivity contribution in [3.8, 4) is 11.3 Å². The summed E-state index contributed by atoms with van der Waals surface area (Å²) in [6.07, 6.45) is 3.89. The van der Waals surface area contributed by atoms with Gasteiger partial charge in [0.15, 0.2) is 5.76 Å². The van der Waals surface area contributed by atoms with Crippen LogP contribution < -0.4 is 5.32 Å². The lowest BCUT2D eigenvalue weighted by Crippen LogP contribution is -2.11. The van der Waals surface area contributed by atoms with Gasteiger partial charge in [-0.1, -0.05) is 42.5 Å². The number of nitrogens with one attached hydrogen (secondary N) is 1. The fourth-order valence-corrected chi connectivity index (χ4v) is 3.16. The minimum atomic E-state index is -0.289. The summed E-state index contributed by atoms with van der Waals surface area (Å²) in [5.41, 5.74) is 3.88. The Bertz CT molecular complexity index is 1220. The molecule has 1 amide bonds. The zero-order valence-corrected chi connectivity index (χ0v) is 14.3. The minimum Gasteiger partial charge on any atom is -0.451 e. The normalized spacial score (nSPS) is 11.1. The van der Waals surface area contributed by atoms with Gasteiger partial charge in [-0.25, -0.2) is 4.98 Å². The van der Waals surface area contributed by atoms with Crippen LogP contribution in [0.3, 0.4) is 0 Å². The summed E-state index contributed by atoms with van der Waals surface area (Å²) in [5.74, 6) is -0.0107. The summed E-state index contributed by atoms with van der Waals surface area (Å²) >= 11 is 0. The number of carbonyl (C=O) groups is 1. The van der Waals surface area contributed by atoms with Crippen molar-refractivity contribution in [2.45, 2.75) is 0 Å². The number of aromatic nitrogens is 2. The Balaban J connectivity index is 1.51. The van der Waals surface area contributed by atoms with Crippen molar-refractivity contribution >= 4 is 28.2 Å². The van der Waals surface area contributed by atoms with Crippen LogP contribution in [0.5, 0.6) is 0 Å². The summed E-state index contributed by atoms with van der Waals surface area (Å²) in [4.78, 5) is 17.4. The van der Waals surface area contributed by atoms with Gasteiger partial charge in [0.1, 0.15) is 11.2 Å². The quantitative estimate of drug-likeness (QED) is 0.496. The maximum Gasteiger partial charge on any atom is 0.291 e. The molecule has 0 atom stereocenters. The Morgan fingerprint density at radius 2 is 1.78 bits per heavy atom. The molecule has 1 N–H and O–H groups in total. The number of para-hydroxylation sites is 2. The summed E-state index contributed by atoms with van der Waals surface area (Å²) in [5, 5.41) is 3.85. The summed E-state index contributed by atoms with van der Waals surface area (Å²) in [6, 6.07) is 22.8. The molecule has 3 heterocycles. The van der Waals surface area contributed by atoms with E-state index >= 15 is 0 Å². The number of nitrogens with zero attached hydrogens (tertiary/aromatic N) is 2. The molecule has 3 aromatic heterocycles. The highest BCUT2D eigenvalue weighted by Crippen LogP contribution is 2.28. The largest absolute Gasteiger partial charge is 0.451 e. The number of imidazole rings is 1. The number of benzene rings is 2. The third-order valence-corrected chi connectivity index (χ3v) is 4.46. The fraction of sp³-hybridized carbons (Fsp3) is 0. The number of rotatable bonds is 3. The predicted molar refractivity (Wildman–Crippen MR) is 105 cm³/mol. The van der Waals surface area contributed by atoms with Gasteiger partial charge in [-0.15, -0.1) is 0 Å². The molecule has 2 aromatic carbocycles. The first-order valence-corrected chi connectivity index (χ1v) is 8.61. The van der Waals surface area contributed by atoms with Crippen molar-refractivity contribution in [3.63, 3.8) is 0 Å². The number of amides is 1. The van der Waals surface area contributed by atoms with E-state index in [1.165, 1.54) is 0 Å². The standard InChI is InChI=1S/C22H15N3O2/c26-22(20-13-15-7-1-4-10-19(15)27-20)24-17-9-3-2-8-16(17)18-14-25-12-6-5-11-21(25)23-18/h1-14H,(H,24,26). The molecule has 5 nitrogen and oxygen atoms in total. The van der Waals surface area contributed by atoms with Crippen LogP contribution in [0.1, 0.15) is 10.6 Å². The van der Waals surface area contributed by atoms with Gasteiger partial charge in [0.05, 0.1) is 11.4 Å². The second-order valence-electron chi connectivity index (χ2n) is 6.24. The molecule has 0 aliphatic heterocycles. The molecule has 130 valence electrons. The van der Waals surface area contributed by atoms with E-state index in [-0.39, 0.29) is 11.7 Å². The maximum atomic E-state index is 12.7. The van der Waals surface area contributed by atoms with Crippen molar-refractivity contribution in [2.24, 2.45) is 0 Å². The van der Waals surface area contributed by atoms with Crippen LogP contribution in [-0.2, 0) is 0 Å². The second kappa shape index (κ2) is 6.14. The Hall–Kier alpha value is -3.86. The Kier molecular flexibility index (Phi) is 3.50. The first-order chi connectivity index (χ1) is 13.3. The van der Waals surface area contributed by atoms with E-state index < -0.39 is 0 Å². The summed E-state index contributed by atoms with van der Waals surface area (Å²) in [6.45, 7) is 0. The van der Waals surface area contributed by atoms with Crippen molar-refractivity contribution in [1.82, 2.24) is 9.38 Å². The number of carbonyl (C=O) groups excluding carboxylic acids is 1. The molecule has 0 aliphatic rings. The molecule has 27 heavy (non-hydrogen) atoms. The average Bonchev–Trinajstić information content (AvgIpc) is 3.32. The van der Waals surface area contributed by atoms with Gasteiger partial charge in [-0.2, -0.15) is 0 Å². The third-order valence-electron chi connectivity index (χ3n) is 4.46. The third kappa shape index (κ3) is 2.75. The molecule has 5 heteroatoms. The topological polar surface area (TPSA) is 59.5 Å². The van der Waals surface area contributed by atoms with E-state index in [2.05, 4.69) is 10.3 Å². The molecule has 5 rings (SSSR count). The number of anilines is 1. The lowest BCUT2D eigenvalue weighted by Gasteiger charge is -2.08. The van der Waals surface area contributed by atoms with Crippen LogP contribution in [0.15, 0.2) is 89.6 Å². The van der Waals surface area contributed by atoms with Crippen LogP contribution in [0.4, 0.5) is 5.69 Å². The highest BCUT2D eigenvalue weighted by atomic mass is 16.3. The van der Waals surface area contributed by atoms with Crippen molar-refractivity contribution in [1.29, 1.82) is 0 Å². The number of pyridine rings is 1. The maximum absolute atomic E-state index is 12.7. The molecule has 0 saturated carbocycles. The molecule has 0 spiro atoms. The van der Waals surface area contributed by atoms with E-state index in [1.807, 2.05) is 83.5 Å². The van der Waals surface area contributed by atoms with Gasteiger partial charge < -0.3 is 14.1 Å². The van der Waals surface area contributed by atoms with Crippen molar-refractivity contribution < 1.29 is 9.21 Å². The SMILES string of the molecule is O=C(Nc1ccccc1-c1cn2ccccc2n1)c1cc2ccccc2o1. The van der Waals surface area contributed by atoms with Gasteiger partial charge in [-0.3, -0.25) is 4.79 Å². The van der Waals surface area contributed by atoms with E-state index in [0.29, 0.717) is 11.3 Å². The van der Waals surface area contributed by atoms with Gasteiger partial charge in [0, 0.05) is 23.3 Å².